The second kappa shape index (κ2) is 26.1. The van der Waals surface area contributed by atoms with Gasteiger partial charge in [-0.05, 0) is 107 Å². The largest absolute Gasteiger partial charge is 0.366 e. The SMILES string of the molecule is CN[C@@H](C)C(=O)N[C@H]1CN(S(=O)(=O)c2cccc(S(=O)(=O)N3CC[C@H]4CC[C@@H](C(=O)NC(c5ccccc5)c5ccccc5)N4C(=O)[C@@H](NC(=S)[C@H](C)NC)C3)c2)CC[C@H]2CCC(C(=O)NC(c3ccccc3)c3ccccc3)N2C1=O. The van der Waals surface area contributed by atoms with E-state index in [1.165, 1.54) is 27.4 Å². The number of carbonyl (C=O) groups is 5. The Morgan fingerprint density at radius 2 is 0.866 bits per heavy atom. The Hall–Kier alpha value is -6.92. The van der Waals surface area contributed by atoms with Crippen LogP contribution in [0.2, 0.25) is 0 Å². The van der Waals surface area contributed by atoms with Gasteiger partial charge < -0.3 is 41.7 Å². The Morgan fingerprint density at radius 1 is 0.500 bits per heavy atom. The van der Waals surface area contributed by atoms with Crippen molar-refractivity contribution in [1.29, 1.82) is 0 Å². The number of thiocarbonyl (C=S) groups is 1. The van der Waals surface area contributed by atoms with Crippen LogP contribution in [0.4, 0.5) is 0 Å². The highest BCUT2D eigenvalue weighted by atomic mass is 32.2. The van der Waals surface area contributed by atoms with Crippen LogP contribution in [-0.2, 0) is 44.0 Å². The van der Waals surface area contributed by atoms with Crippen molar-refractivity contribution >= 4 is 66.8 Å². The van der Waals surface area contributed by atoms with Crippen LogP contribution in [-0.4, -0.2) is 158 Å². The van der Waals surface area contributed by atoms with Gasteiger partial charge in [-0.15, -0.1) is 0 Å². The van der Waals surface area contributed by atoms with Gasteiger partial charge in [-0.3, -0.25) is 24.0 Å². The molecular formula is C60H72N10O9S3. The van der Waals surface area contributed by atoms with Gasteiger partial charge in [0.25, 0.3) is 0 Å². The third-order valence-corrected chi connectivity index (χ3v) is 20.6. The molecule has 8 atom stereocenters. The Labute approximate surface area is 486 Å². The molecular weight excluding hydrogens is 1100 g/mol. The Morgan fingerprint density at radius 3 is 1.23 bits per heavy atom. The second-order valence-electron chi connectivity index (χ2n) is 21.4. The summed E-state index contributed by atoms with van der Waals surface area (Å²) in [4.78, 5) is 75.2. The Bertz CT molecular complexity index is 3040. The highest BCUT2D eigenvalue weighted by Gasteiger charge is 2.49. The molecule has 0 aromatic heterocycles. The number of rotatable bonds is 18. The number of hydrogen-bond donors (Lipinski definition) is 6. The third-order valence-electron chi connectivity index (χ3n) is 16.4. The van der Waals surface area contributed by atoms with Crippen LogP contribution < -0.4 is 31.9 Å². The first kappa shape index (κ1) is 59.7. The van der Waals surface area contributed by atoms with E-state index in [4.69, 9.17) is 12.2 Å². The van der Waals surface area contributed by atoms with Gasteiger partial charge in [0.05, 0.1) is 38.9 Å². The fraction of sp³-hybridized carbons (Fsp3) is 0.400. The number of hydrogen-bond acceptors (Lipinski definition) is 12. The fourth-order valence-electron chi connectivity index (χ4n) is 11.6. The second-order valence-corrected chi connectivity index (χ2v) is 25.7. The van der Waals surface area contributed by atoms with E-state index in [0.29, 0.717) is 19.3 Å². The molecule has 4 fully saturated rings. The molecule has 19 nitrogen and oxygen atoms in total. The predicted molar refractivity (Wildman–Crippen MR) is 315 cm³/mol. The molecule has 5 aromatic rings. The number of nitrogens with one attached hydrogen (secondary N) is 6. The van der Waals surface area contributed by atoms with Crippen LogP contribution in [0, 0.1) is 0 Å². The van der Waals surface area contributed by atoms with Gasteiger partial charge in [-0.1, -0.05) is 140 Å². The van der Waals surface area contributed by atoms with Crippen molar-refractivity contribution < 1.29 is 40.8 Å². The lowest BCUT2D eigenvalue weighted by atomic mass is 9.98. The summed E-state index contributed by atoms with van der Waals surface area (Å²) in [5.41, 5.74) is 3.40. The summed E-state index contributed by atoms with van der Waals surface area (Å²) in [7, 11) is -5.89. The number of nitrogens with zero attached hydrogens (tertiary/aromatic N) is 4. The highest BCUT2D eigenvalue weighted by molar-refractivity contribution is 7.90. The van der Waals surface area contributed by atoms with Crippen molar-refractivity contribution in [3.05, 3.63) is 168 Å². The van der Waals surface area contributed by atoms with Crippen LogP contribution in [0.1, 0.15) is 86.7 Å². The molecule has 82 heavy (non-hydrogen) atoms. The van der Waals surface area contributed by atoms with Crippen LogP contribution in [0.3, 0.4) is 0 Å². The maximum Gasteiger partial charge on any atom is 0.247 e. The summed E-state index contributed by atoms with van der Waals surface area (Å²) in [6, 6.07) is 35.2. The van der Waals surface area contributed by atoms with Gasteiger partial charge in [0.15, 0.2) is 0 Å². The van der Waals surface area contributed by atoms with Crippen LogP contribution in [0.5, 0.6) is 0 Å². The summed E-state index contributed by atoms with van der Waals surface area (Å²) in [5, 5.41) is 18.2. The van der Waals surface area contributed by atoms with E-state index in [1.54, 1.807) is 32.8 Å². The van der Waals surface area contributed by atoms with E-state index < -0.39 is 117 Å². The number of likely N-dealkylation sites (N-methyl/N-ethyl adjacent to an activating group) is 2. The first-order chi connectivity index (χ1) is 39.4. The zero-order valence-electron chi connectivity index (χ0n) is 46.4. The van der Waals surface area contributed by atoms with E-state index in [9.17, 15) is 19.2 Å². The topological polar surface area (TPSA) is 239 Å². The normalized spacial score (nSPS) is 22.7. The molecule has 0 bridgehead atoms. The van der Waals surface area contributed by atoms with E-state index in [1.807, 2.05) is 121 Å². The molecule has 4 aliphatic rings. The third kappa shape index (κ3) is 13.0. The quantitative estimate of drug-likeness (QED) is 0.0682. The molecule has 5 aromatic carbocycles. The van der Waals surface area contributed by atoms with Gasteiger partial charge >= 0.3 is 0 Å². The number of fused-ring (bicyclic) bond motifs is 2. The molecule has 434 valence electrons. The molecule has 0 saturated carbocycles. The van der Waals surface area contributed by atoms with E-state index in [2.05, 4.69) is 31.9 Å². The Kier molecular flexibility index (Phi) is 19.0. The minimum Gasteiger partial charge on any atom is -0.366 e. The Balaban J connectivity index is 0.962. The number of sulfonamides is 2. The van der Waals surface area contributed by atoms with Crippen LogP contribution >= 0.6 is 12.2 Å². The van der Waals surface area contributed by atoms with Crippen molar-refractivity contribution in [2.24, 2.45) is 0 Å². The monoisotopic (exact) mass is 1170 g/mol. The molecule has 0 aliphatic carbocycles. The molecule has 6 N–H and O–H groups in total. The molecule has 0 spiro atoms. The highest BCUT2D eigenvalue weighted by Crippen LogP contribution is 2.35. The summed E-state index contributed by atoms with van der Waals surface area (Å²) in [5.74, 6) is -2.45. The minimum atomic E-state index is -4.60. The fourth-order valence-corrected chi connectivity index (χ4v) is 14.9. The first-order valence-corrected chi connectivity index (χ1v) is 31.2. The molecule has 4 aliphatic heterocycles. The molecule has 5 amide bonds. The van der Waals surface area contributed by atoms with Gasteiger partial charge in [-0.25, -0.2) is 16.8 Å². The summed E-state index contributed by atoms with van der Waals surface area (Å²) in [6.45, 7) is 2.26. The zero-order valence-corrected chi connectivity index (χ0v) is 48.8. The van der Waals surface area contributed by atoms with E-state index in [-0.39, 0.29) is 53.0 Å². The molecule has 1 unspecified atom stereocenters. The summed E-state index contributed by atoms with van der Waals surface area (Å²) >= 11 is 5.73. The smallest absolute Gasteiger partial charge is 0.247 e. The van der Waals surface area contributed by atoms with Crippen molar-refractivity contribution in [2.75, 3.05) is 40.3 Å². The van der Waals surface area contributed by atoms with Crippen LogP contribution in [0.15, 0.2) is 155 Å². The first-order valence-electron chi connectivity index (χ1n) is 27.9. The number of amides is 5. The lowest BCUT2D eigenvalue weighted by molar-refractivity contribution is -0.144. The maximum absolute atomic E-state index is 15.1. The summed E-state index contributed by atoms with van der Waals surface area (Å²) in [6.07, 6.45) is 1.74. The molecule has 4 saturated heterocycles. The molecule has 4 heterocycles. The van der Waals surface area contributed by atoms with Crippen LogP contribution in [0.25, 0.3) is 0 Å². The number of carbonyl (C=O) groups excluding carboxylic acids is 5. The predicted octanol–water partition coefficient (Wildman–Crippen LogP) is 3.99. The lowest BCUT2D eigenvalue weighted by Crippen LogP contribution is -2.62. The van der Waals surface area contributed by atoms with Gasteiger partial charge in [0, 0.05) is 38.3 Å². The molecule has 0 radical (unpaired) electrons. The maximum atomic E-state index is 15.1. The standard InChI is InChI=1S/C60H72N10O9S3/c1-39(61-3)55(71)63-49-37-67(34-32-45-28-30-51(69(45)59(49)74)56(72)65-53(41-18-9-5-10-19-41)42-20-11-6-12-21-42)81(76,77)47-26-17-27-48(36-47)82(78,79)68-35-33-46-29-31-52(70(46)60(75)50(38-68)64-58(80)40(2)62-4)57(73)66-54(43-22-13-7-14-23-43)44-24-15-8-16-25-44/h5-27,36,39-40,45-46,49-54,61-62H,28-35,37-38H2,1-4H3,(H,63,71)(H,64,80)(H,65,72)(H,66,73)/t39-,40-,45+,46+,49-,50-,51?,52-/m0/s1. The minimum absolute atomic E-state index is 0.0813. The van der Waals surface area contributed by atoms with Crippen molar-refractivity contribution in [3.63, 3.8) is 0 Å². The van der Waals surface area contributed by atoms with E-state index in [0.717, 1.165) is 32.6 Å². The van der Waals surface area contributed by atoms with Gasteiger partial charge in [-0.2, -0.15) is 8.61 Å². The number of benzene rings is 5. The molecule has 9 rings (SSSR count). The average molecular weight is 1170 g/mol. The van der Waals surface area contributed by atoms with Gasteiger partial charge in [0.2, 0.25) is 49.6 Å². The van der Waals surface area contributed by atoms with E-state index >= 15 is 21.6 Å². The summed E-state index contributed by atoms with van der Waals surface area (Å²) < 4.78 is 62.4. The van der Waals surface area contributed by atoms with Crippen molar-refractivity contribution in [3.8, 4) is 0 Å². The van der Waals surface area contributed by atoms with Crippen molar-refractivity contribution in [2.45, 2.75) is 123 Å². The van der Waals surface area contributed by atoms with Crippen molar-refractivity contribution in [1.82, 2.24) is 50.3 Å². The lowest BCUT2D eigenvalue weighted by Gasteiger charge is -2.39. The average Bonchev–Trinajstić information content (AvgIpc) is 4.28. The zero-order chi connectivity index (χ0) is 58.3. The molecule has 22 heteroatoms. The van der Waals surface area contributed by atoms with Gasteiger partial charge in [0.1, 0.15) is 24.2 Å².